The fourth-order valence-electron chi connectivity index (χ4n) is 4.14. The minimum absolute atomic E-state index is 0.103. The van der Waals surface area contributed by atoms with Crippen LogP contribution >= 0.6 is 0 Å². The lowest BCUT2D eigenvalue weighted by atomic mass is 9.93. The standard InChI is InChI=1S/C19H25N5O/c1-14-10-24(13-17-9-21-22-18(14)17)19(25)16-5-3-7-23(12-16)11-15-4-2-6-20-8-15/h2,4,6,8-9,14,16H,3,5,7,10-13H2,1H3,(H,21,22). The predicted octanol–water partition coefficient (Wildman–Crippen LogP) is 2.16. The number of fused-ring (bicyclic) bond motifs is 1. The predicted molar refractivity (Wildman–Crippen MR) is 94.7 cm³/mol. The maximum atomic E-state index is 13.1. The van der Waals surface area contributed by atoms with E-state index >= 15 is 0 Å². The van der Waals surface area contributed by atoms with Crippen molar-refractivity contribution in [3.05, 3.63) is 47.5 Å². The zero-order chi connectivity index (χ0) is 17.2. The van der Waals surface area contributed by atoms with Crippen LogP contribution in [0.25, 0.3) is 0 Å². The Morgan fingerprint density at radius 1 is 1.36 bits per heavy atom. The molecule has 1 amide bonds. The van der Waals surface area contributed by atoms with Gasteiger partial charge in [0.1, 0.15) is 0 Å². The normalized spacial score (nSPS) is 24.1. The van der Waals surface area contributed by atoms with Crippen LogP contribution in [-0.2, 0) is 17.9 Å². The van der Waals surface area contributed by atoms with E-state index in [1.165, 1.54) is 11.3 Å². The first-order valence-corrected chi connectivity index (χ1v) is 9.13. The molecular weight excluding hydrogens is 314 g/mol. The highest BCUT2D eigenvalue weighted by molar-refractivity contribution is 5.79. The summed E-state index contributed by atoms with van der Waals surface area (Å²) >= 11 is 0. The Balaban J connectivity index is 1.40. The van der Waals surface area contributed by atoms with E-state index < -0.39 is 0 Å². The van der Waals surface area contributed by atoms with Gasteiger partial charge < -0.3 is 4.90 Å². The molecule has 6 nitrogen and oxygen atoms in total. The Morgan fingerprint density at radius 3 is 3.12 bits per heavy atom. The Kier molecular flexibility index (Phi) is 4.53. The van der Waals surface area contributed by atoms with Gasteiger partial charge in [-0.2, -0.15) is 5.10 Å². The summed E-state index contributed by atoms with van der Waals surface area (Å²) in [5.74, 6) is 0.728. The number of aromatic amines is 1. The summed E-state index contributed by atoms with van der Waals surface area (Å²) in [6.45, 7) is 6.41. The van der Waals surface area contributed by atoms with Crippen LogP contribution in [0.1, 0.15) is 42.5 Å². The lowest BCUT2D eigenvalue weighted by Crippen LogP contribution is -2.46. The Morgan fingerprint density at radius 2 is 2.28 bits per heavy atom. The molecule has 1 N–H and O–H groups in total. The van der Waals surface area contributed by atoms with E-state index in [4.69, 9.17) is 0 Å². The summed E-state index contributed by atoms with van der Waals surface area (Å²) in [6, 6.07) is 4.07. The van der Waals surface area contributed by atoms with Crippen molar-refractivity contribution in [3.8, 4) is 0 Å². The first-order valence-electron chi connectivity index (χ1n) is 9.13. The second kappa shape index (κ2) is 6.96. The molecule has 1 saturated heterocycles. The van der Waals surface area contributed by atoms with Crippen molar-refractivity contribution in [2.24, 2.45) is 5.92 Å². The van der Waals surface area contributed by atoms with Crippen LogP contribution < -0.4 is 0 Å². The molecule has 4 heterocycles. The summed E-state index contributed by atoms with van der Waals surface area (Å²) in [4.78, 5) is 21.7. The monoisotopic (exact) mass is 339 g/mol. The first-order chi connectivity index (χ1) is 12.2. The Hall–Kier alpha value is -2.21. The van der Waals surface area contributed by atoms with Crippen LogP contribution in [0.3, 0.4) is 0 Å². The van der Waals surface area contributed by atoms with E-state index in [0.29, 0.717) is 18.4 Å². The number of pyridine rings is 1. The molecule has 2 aliphatic heterocycles. The van der Waals surface area contributed by atoms with E-state index in [2.05, 4.69) is 33.1 Å². The molecule has 2 unspecified atom stereocenters. The summed E-state index contributed by atoms with van der Waals surface area (Å²) in [7, 11) is 0. The minimum Gasteiger partial charge on any atom is -0.337 e. The molecule has 0 spiro atoms. The molecule has 0 saturated carbocycles. The highest BCUT2D eigenvalue weighted by atomic mass is 16.2. The topological polar surface area (TPSA) is 65.1 Å². The maximum absolute atomic E-state index is 13.1. The second-order valence-electron chi connectivity index (χ2n) is 7.36. The molecule has 132 valence electrons. The van der Waals surface area contributed by atoms with Crippen molar-refractivity contribution in [1.82, 2.24) is 25.0 Å². The van der Waals surface area contributed by atoms with E-state index in [1.54, 1.807) is 6.20 Å². The average molecular weight is 339 g/mol. The van der Waals surface area contributed by atoms with Gasteiger partial charge in [0.15, 0.2) is 0 Å². The van der Waals surface area contributed by atoms with Crippen LogP contribution in [0.2, 0.25) is 0 Å². The minimum atomic E-state index is 0.103. The van der Waals surface area contributed by atoms with E-state index in [-0.39, 0.29) is 5.92 Å². The number of nitrogens with zero attached hydrogens (tertiary/aromatic N) is 4. The lowest BCUT2D eigenvalue weighted by Gasteiger charge is -2.37. The number of aromatic nitrogens is 3. The number of nitrogens with one attached hydrogen (secondary N) is 1. The first kappa shape index (κ1) is 16.3. The molecule has 25 heavy (non-hydrogen) atoms. The molecule has 4 rings (SSSR count). The van der Waals surface area contributed by atoms with Gasteiger partial charge in [0.2, 0.25) is 5.91 Å². The molecule has 0 bridgehead atoms. The molecule has 6 heteroatoms. The van der Waals surface area contributed by atoms with Gasteiger partial charge in [-0.25, -0.2) is 0 Å². The summed E-state index contributed by atoms with van der Waals surface area (Å²) in [5, 5.41) is 7.22. The SMILES string of the molecule is CC1CN(C(=O)C2CCCN(Cc3cccnc3)C2)Cc2cn[nH]c21. The van der Waals surface area contributed by atoms with Gasteiger partial charge in [-0.15, -0.1) is 0 Å². The molecule has 2 aliphatic rings. The fourth-order valence-corrected chi connectivity index (χ4v) is 4.14. The third kappa shape index (κ3) is 3.44. The van der Waals surface area contributed by atoms with Gasteiger partial charge in [-0.3, -0.25) is 19.8 Å². The van der Waals surface area contributed by atoms with Gasteiger partial charge in [0, 0.05) is 55.7 Å². The quantitative estimate of drug-likeness (QED) is 0.931. The third-order valence-electron chi connectivity index (χ3n) is 5.39. The van der Waals surface area contributed by atoms with Gasteiger partial charge in [0.05, 0.1) is 12.1 Å². The number of carbonyl (C=O) groups excluding carboxylic acids is 1. The number of rotatable bonds is 3. The van der Waals surface area contributed by atoms with Crippen molar-refractivity contribution >= 4 is 5.91 Å². The molecule has 0 aromatic carbocycles. The maximum Gasteiger partial charge on any atom is 0.227 e. The Labute approximate surface area is 148 Å². The van der Waals surface area contributed by atoms with Crippen LogP contribution in [0.15, 0.2) is 30.7 Å². The zero-order valence-corrected chi connectivity index (χ0v) is 14.7. The summed E-state index contributed by atoms with van der Waals surface area (Å²) in [6.07, 6.45) is 7.65. The van der Waals surface area contributed by atoms with Crippen LogP contribution in [-0.4, -0.2) is 50.5 Å². The van der Waals surface area contributed by atoms with Gasteiger partial charge in [0.25, 0.3) is 0 Å². The average Bonchev–Trinajstić information content (AvgIpc) is 3.11. The highest BCUT2D eigenvalue weighted by Crippen LogP contribution is 2.28. The number of carbonyl (C=O) groups is 1. The van der Waals surface area contributed by atoms with Crippen molar-refractivity contribution in [1.29, 1.82) is 0 Å². The number of hydrogen-bond donors (Lipinski definition) is 1. The number of hydrogen-bond acceptors (Lipinski definition) is 4. The second-order valence-corrected chi connectivity index (χ2v) is 7.36. The summed E-state index contributed by atoms with van der Waals surface area (Å²) < 4.78 is 0. The number of likely N-dealkylation sites (tertiary alicyclic amines) is 1. The van der Waals surface area contributed by atoms with Gasteiger partial charge in [-0.05, 0) is 31.0 Å². The number of amides is 1. The largest absolute Gasteiger partial charge is 0.337 e. The van der Waals surface area contributed by atoms with E-state index in [9.17, 15) is 4.79 Å². The molecule has 1 fully saturated rings. The van der Waals surface area contributed by atoms with Crippen LogP contribution in [0.4, 0.5) is 0 Å². The summed E-state index contributed by atoms with van der Waals surface area (Å²) in [5.41, 5.74) is 3.56. The fraction of sp³-hybridized carbons (Fsp3) is 0.526. The molecule has 2 atom stereocenters. The highest BCUT2D eigenvalue weighted by Gasteiger charge is 2.33. The lowest BCUT2D eigenvalue weighted by molar-refractivity contribution is -0.138. The number of piperidine rings is 1. The molecule has 0 radical (unpaired) electrons. The molecule has 0 aliphatic carbocycles. The molecular formula is C19H25N5O. The van der Waals surface area contributed by atoms with Crippen molar-refractivity contribution in [2.75, 3.05) is 19.6 Å². The van der Waals surface area contributed by atoms with Crippen molar-refractivity contribution in [2.45, 2.75) is 38.8 Å². The smallest absolute Gasteiger partial charge is 0.227 e. The van der Waals surface area contributed by atoms with Crippen LogP contribution in [0, 0.1) is 5.92 Å². The van der Waals surface area contributed by atoms with E-state index in [0.717, 1.165) is 44.6 Å². The van der Waals surface area contributed by atoms with E-state index in [1.807, 2.05) is 23.4 Å². The van der Waals surface area contributed by atoms with Crippen molar-refractivity contribution in [3.63, 3.8) is 0 Å². The molecule has 2 aromatic rings. The van der Waals surface area contributed by atoms with Crippen LogP contribution in [0.5, 0.6) is 0 Å². The van der Waals surface area contributed by atoms with Gasteiger partial charge in [-0.1, -0.05) is 13.0 Å². The Bertz CT molecular complexity index is 728. The number of H-pyrrole nitrogens is 1. The van der Waals surface area contributed by atoms with Crippen molar-refractivity contribution < 1.29 is 4.79 Å². The molecule has 2 aromatic heterocycles. The third-order valence-corrected chi connectivity index (χ3v) is 5.39. The van der Waals surface area contributed by atoms with Gasteiger partial charge >= 0.3 is 0 Å². The zero-order valence-electron chi connectivity index (χ0n) is 14.7.